The summed E-state index contributed by atoms with van der Waals surface area (Å²) >= 11 is 0. The molecule has 1 heterocycles. The van der Waals surface area contributed by atoms with E-state index in [1.54, 1.807) is 0 Å². The maximum atomic E-state index is 11.5. The lowest BCUT2D eigenvalue weighted by molar-refractivity contribution is -0.131. The summed E-state index contributed by atoms with van der Waals surface area (Å²) in [7, 11) is 0. The molecule has 3 N–H and O–H groups in total. The molecule has 5 heteroatoms. The molecule has 0 aromatic heterocycles. The Morgan fingerprint density at radius 1 is 1.62 bits per heavy atom. The Morgan fingerprint density at radius 3 is 2.88 bits per heavy atom. The van der Waals surface area contributed by atoms with Gasteiger partial charge in [-0.2, -0.15) is 0 Å². The zero-order valence-corrected chi connectivity index (χ0v) is 9.48. The van der Waals surface area contributed by atoms with E-state index < -0.39 is 6.23 Å². The molecule has 16 heavy (non-hydrogen) atoms. The van der Waals surface area contributed by atoms with Crippen LogP contribution >= 0.6 is 0 Å². The molecule has 0 radical (unpaired) electrons. The number of amides is 2. The van der Waals surface area contributed by atoms with Crippen LogP contribution in [0.5, 0.6) is 0 Å². The van der Waals surface area contributed by atoms with E-state index in [9.17, 15) is 14.7 Å². The van der Waals surface area contributed by atoms with Crippen molar-refractivity contribution in [3.63, 3.8) is 0 Å². The Hall–Kier alpha value is -1.36. The SMILES string of the molecule is CCCC1=CC(=O)N(CCCC(N)=O)C1O. The van der Waals surface area contributed by atoms with Gasteiger partial charge in [0.05, 0.1) is 0 Å². The number of nitrogens with two attached hydrogens (primary N) is 1. The maximum Gasteiger partial charge on any atom is 0.248 e. The molecule has 1 atom stereocenters. The van der Waals surface area contributed by atoms with Crippen LogP contribution < -0.4 is 5.73 Å². The number of nitrogens with zero attached hydrogens (tertiary/aromatic N) is 1. The molecule has 0 saturated carbocycles. The van der Waals surface area contributed by atoms with E-state index >= 15 is 0 Å². The van der Waals surface area contributed by atoms with Crippen LogP contribution in [0, 0.1) is 0 Å². The fourth-order valence-electron chi connectivity index (χ4n) is 1.78. The summed E-state index contributed by atoms with van der Waals surface area (Å²) in [6.45, 7) is 2.36. The molecule has 0 bridgehead atoms. The highest BCUT2D eigenvalue weighted by Crippen LogP contribution is 2.21. The summed E-state index contributed by atoms with van der Waals surface area (Å²) < 4.78 is 0. The first kappa shape index (κ1) is 12.7. The van der Waals surface area contributed by atoms with Crippen LogP contribution in [0.25, 0.3) is 0 Å². The second kappa shape index (κ2) is 5.65. The minimum absolute atomic E-state index is 0.180. The number of hydrogen-bond acceptors (Lipinski definition) is 3. The fourth-order valence-corrected chi connectivity index (χ4v) is 1.78. The minimum Gasteiger partial charge on any atom is -0.370 e. The van der Waals surface area contributed by atoms with Gasteiger partial charge in [0.15, 0.2) is 6.23 Å². The van der Waals surface area contributed by atoms with Gasteiger partial charge in [-0.25, -0.2) is 0 Å². The van der Waals surface area contributed by atoms with E-state index in [0.29, 0.717) is 13.0 Å². The molecule has 0 aliphatic carbocycles. The summed E-state index contributed by atoms with van der Waals surface area (Å²) in [6, 6.07) is 0. The Labute approximate surface area is 94.9 Å². The average Bonchev–Trinajstić information content (AvgIpc) is 2.45. The van der Waals surface area contributed by atoms with E-state index in [0.717, 1.165) is 18.4 Å². The van der Waals surface area contributed by atoms with Crippen molar-refractivity contribution in [2.24, 2.45) is 5.73 Å². The summed E-state index contributed by atoms with van der Waals surface area (Å²) in [5, 5.41) is 9.84. The van der Waals surface area contributed by atoms with Crippen molar-refractivity contribution < 1.29 is 14.7 Å². The average molecular weight is 226 g/mol. The fraction of sp³-hybridized carbons (Fsp3) is 0.636. The first-order valence-electron chi connectivity index (χ1n) is 5.53. The third-order valence-corrected chi connectivity index (χ3v) is 2.58. The smallest absolute Gasteiger partial charge is 0.248 e. The number of carbonyl (C=O) groups excluding carboxylic acids is 2. The topological polar surface area (TPSA) is 83.6 Å². The van der Waals surface area contributed by atoms with Crippen molar-refractivity contribution in [1.29, 1.82) is 0 Å². The standard InChI is InChI=1S/C11H18N2O3/c1-2-4-8-7-10(15)13(11(8)16)6-3-5-9(12)14/h7,11,16H,2-6H2,1H3,(H2,12,14). The molecule has 5 nitrogen and oxygen atoms in total. The minimum atomic E-state index is -0.819. The third-order valence-electron chi connectivity index (χ3n) is 2.58. The molecule has 1 aliphatic rings. The molecule has 0 fully saturated rings. The van der Waals surface area contributed by atoms with Crippen molar-refractivity contribution >= 4 is 11.8 Å². The van der Waals surface area contributed by atoms with Crippen LogP contribution in [0.15, 0.2) is 11.6 Å². The lowest BCUT2D eigenvalue weighted by Gasteiger charge is -2.22. The summed E-state index contributed by atoms with van der Waals surface area (Å²) in [6.07, 6.45) is 3.01. The summed E-state index contributed by atoms with van der Waals surface area (Å²) in [5.41, 5.74) is 5.76. The predicted octanol–water partition coefficient (Wildman–Crippen LogP) is 0.139. The maximum absolute atomic E-state index is 11.5. The van der Waals surface area contributed by atoms with Crippen LogP contribution in [-0.2, 0) is 9.59 Å². The monoisotopic (exact) mass is 226 g/mol. The van der Waals surface area contributed by atoms with Gasteiger partial charge in [0.2, 0.25) is 11.8 Å². The first-order valence-corrected chi connectivity index (χ1v) is 5.53. The lowest BCUT2D eigenvalue weighted by atomic mass is 10.1. The van der Waals surface area contributed by atoms with Crippen LogP contribution in [0.1, 0.15) is 32.6 Å². The number of hydrogen-bond donors (Lipinski definition) is 2. The first-order chi connectivity index (χ1) is 7.56. The van der Waals surface area contributed by atoms with Gasteiger partial charge in [0.1, 0.15) is 0 Å². The molecule has 2 amide bonds. The summed E-state index contributed by atoms with van der Waals surface area (Å²) in [4.78, 5) is 23.4. The quantitative estimate of drug-likeness (QED) is 0.675. The van der Waals surface area contributed by atoms with Crippen molar-refractivity contribution in [3.8, 4) is 0 Å². The number of carbonyl (C=O) groups is 2. The molecule has 0 spiro atoms. The van der Waals surface area contributed by atoms with E-state index in [-0.39, 0.29) is 18.2 Å². The van der Waals surface area contributed by atoms with Crippen molar-refractivity contribution in [2.75, 3.05) is 6.54 Å². The molecular weight excluding hydrogens is 208 g/mol. The molecule has 1 unspecified atom stereocenters. The number of primary amides is 1. The van der Waals surface area contributed by atoms with Crippen molar-refractivity contribution in [3.05, 3.63) is 11.6 Å². The second-order valence-corrected chi connectivity index (χ2v) is 3.94. The zero-order valence-electron chi connectivity index (χ0n) is 9.48. The molecule has 0 aromatic rings. The van der Waals surface area contributed by atoms with Crippen LogP contribution in [0.2, 0.25) is 0 Å². The molecular formula is C11H18N2O3. The van der Waals surface area contributed by atoms with E-state index in [1.165, 1.54) is 11.0 Å². The van der Waals surface area contributed by atoms with E-state index in [4.69, 9.17) is 5.73 Å². The summed E-state index contributed by atoms with van der Waals surface area (Å²) in [5.74, 6) is -0.566. The molecule has 90 valence electrons. The van der Waals surface area contributed by atoms with Crippen LogP contribution in [0.4, 0.5) is 0 Å². The number of rotatable bonds is 6. The van der Waals surface area contributed by atoms with Crippen molar-refractivity contribution in [1.82, 2.24) is 4.90 Å². The molecule has 1 aliphatic heterocycles. The van der Waals surface area contributed by atoms with E-state index in [1.807, 2.05) is 6.92 Å². The molecule has 0 saturated heterocycles. The van der Waals surface area contributed by atoms with Crippen LogP contribution in [0.3, 0.4) is 0 Å². The lowest BCUT2D eigenvalue weighted by Crippen LogP contribution is -2.36. The normalized spacial score (nSPS) is 20.1. The van der Waals surface area contributed by atoms with Gasteiger partial charge in [-0.05, 0) is 18.4 Å². The zero-order chi connectivity index (χ0) is 12.1. The predicted molar refractivity (Wildman–Crippen MR) is 59.1 cm³/mol. The highest BCUT2D eigenvalue weighted by Gasteiger charge is 2.29. The van der Waals surface area contributed by atoms with Gasteiger partial charge in [-0.15, -0.1) is 0 Å². The third kappa shape index (κ3) is 3.06. The van der Waals surface area contributed by atoms with Gasteiger partial charge in [0.25, 0.3) is 0 Å². The second-order valence-electron chi connectivity index (χ2n) is 3.94. The van der Waals surface area contributed by atoms with Crippen molar-refractivity contribution in [2.45, 2.75) is 38.8 Å². The Kier molecular flexibility index (Phi) is 4.49. The highest BCUT2D eigenvalue weighted by molar-refractivity contribution is 5.91. The van der Waals surface area contributed by atoms with E-state index in [2.05, 4.69) is 0 Å². The molecule has 1 rings (SSSR count). The Bertz CT molecular complexity index is 312. The number of aliphatic hydroxyl groups is 1. The highest BCUT2D eigenvalue weighted by atomic mass is 16.3. The van der Waals surface area contributed by atoms with Gasteiger partial charge in [-0.3, -0.25) is 9.59 Å². The van der Waals surface area contributed by atoms with Gasteiger partial charge < -0.3 is 15.7 Å². The van der Waals surface area contributed by atoms with Gasteiger partial charge >= 0.3 is 0 Å². The molecule has 0 aromatic carbocycles. The van der Waals surface area contributed by atoms with Crippen LogP contribution in [-0.4, -0.2) is 34.6 Å². The Balaban J connectivity index is 2.45. The Morgan fingerprint density at radius 2 is 2.31 bits per heavy atom. The number of aliphatic hydroxyl groups excluding tert-OH is 1. The largest absolute Gasteiger partial charge is 0.370 e. The van der Waals surface area contributed by atoms with Gasteiger partial charge in [-0.1, -0.05) is 13.3 Å². The van der Waals surface area contributed by atoms with Gasteiger partial charge in [0, 0.05) is 19.0 Å².